The third-order valence-electron chi connectivity index (χ3n) is 1.62. The zero-order valence-electron chi connectivity index (χ0n) is 8.43. The second kappa shape index (κ2) is 5.60. The summed E-state index contributed by atoms with van der Waals surface area (Å²) >= 11 is 3.26. The van der Waals surface area contributed by atoms with Crippen LogP contribution in [0.5, 0.6) is 0 Å². The molecule has 78 valence electrons. The molecule has 4 heteroatoms. The fourth-order valence-electron chi connectivity index (χ4n) is 0.810. The number of alkyl halides is 1. The van der Waals surface area contributed by atoms with Gasteiger partial charge in [-0.05, 0) is 33.6 Å². The van der Waals surface area contributed by atoms with Crippen LogP contribution in [0.15, 0.2) is 0 Å². The van der Waals surface area contributed by atoms with Crippen LogP contribution in [0.1, 0.15) is 33.6 Å². The van der Waals surface area contributed by atoms with E-state index in [1.54, 1.807) is 20.8 Å². The fourth-order valence-corrected chi connectivity index (χ4v) is 0.950. The molecule has 13 heavy (non-hydrogen) atoms. The van der Waals surface area contributed by atoms with Crippen molar-refractivity contribution >= 4 is 21.8 Å². The largest absolute Gasteiger partial charge is 0.393 e. The number of carbonyl (C=O) groups excluding carboxylic acids is 1. The van der Waals surface area contributed by atoms with Crippen LogP contribution in [0.3, 0.4) is 0 Å². The van der Waals surface area contributed by atoms with Gasteiger partial charge in [-0.25, -0.2) is 0 Å². The third kappa shape index (κ3) is 7.02. The summed E-state index contributed by atoms with van der Waals surface area (Å²) in [4.78, 5) is 11.3. The predicted molar refractivity (Wildman–Crippen MR) is 56.9 cm³/mol. The summed E-state index contributed by atoms with van der Waals surface area (Å²) in [5.41, 5.74) is 0. The first-order valence-electron chi connectivity index (χ1n) is 4.49. The molecule has 0 bridgehead atoms. The van der Waals surface area contributed by atoms with E-state index in [2.05, 4.69) is 21.2 Å². The minimum absolute atomic E-state index is 0.0157. The maximum absolute atomic E-state index is 11.3. The van der Waals surface area contributed by atoms with Crippen molar-refractivity contribution < 1.29 is 9.90 Å². The zero-order valence-corrected chi connectivity index (χ0v) is 10.0. The average Bonchev–Trinajstić information content (AvgIpc) is 1.95. The van der Waals surface area contributed by atoms with Crippen molar-refractivity contribution in [1.82, 2.24) is 5.32 Å². The summed E-state index contributed by atoms with van der Waals surface area (Å²) in [5, 5.41) is 11.7. The molecule has 0 rings (SSSR count). The Balaban J connectivity index is 3.49. The lowest BCUT2D eigenvalue weighted by Gasteiger charge is -2.15. The van der Waals surface area contributed by atoms with Crippen molar-refractivity contribution in [3.63, 3.8) is 0 Å². The van der Waals surface area contributed by atoms with Gasteiger partial charge in [0.05, 0.1) is 10.4 Å². The van der Waals surface area contributed by atoms with Gasteiger partial charge < -0.3 is 10.4 Å². The quantitative estimate of drug-likeness (QED) is 0.574. The van der Waals surface area contributed by atoms with Crippen molar-refractivity contribution in [3.8, 4) is 0 Å². The predicted octanol–water partition coefficient (Wildman–Crippen LogP) is 1.44. The van der Waals surface area contributed by atoms with Gasteiger partial charge in [0, 0.05) is 6.54 Å². The molecule has 0 aliphatic rings. The van der Waals surface area contributed by atoms with Crippen LogP contribution in [0.4, 0.5) is 0 Å². The number of rotatable bonds is 5. The lowest BCUT2D eigenvalue weighted by Crippen LogP contribution is -2.38. The van der Waals surface area contributed by atoms with E-state index in [1.165, 1.54) is 0 Å². The maximum atomic E-state index is 11.3. The van der Waals surface area contributed by atoms with Crippen LogP contribution >= 0.6 is 15.9 Å². The molecule has 0 aromatic heterocycles. The SMILES string of the molecule is CC(O)CCCNC(=O)C(C)(C)Br. The Morgan fingerprint density at radius 2 is 2.15 bits per heavy atom. The number of halogens is 1. The molecular formula is C9H18BrNO2. The molecule has 0 spiro atoms. The first-order chi connectivity index (χ1) is 5.84. The third-order valence-corrected chi connectivity index (χ3v) is 1.98. The Bertz CT molecular complexity index is 163. The van der Waals surface area contributed by atoms with Crippen molar-refractivity contribution in [3.05, 3.63) is 0 Å². The fraction of sp³-hybridized carbons (Fsp3) is 0.889. The van der Waals surface area contributed by atoms with Gasteiger partial charge in [-0.15, -0.1) is 0 Å². The first kappa shape index (κ1) is 12.9. The number of hydrogen-bond acceptors (Lipinski definition) is 2. The van der Waals surface area contributed by atoms with Gasteiger partial charge in [0.1, 0.15) is 0 Å². The van der Waals surface area contributed by atoms with Gasteiger partial charge >= 0.3 is 0 Å². The number of aliphatic hydroxyl groups is 1. The molecule has 0 aliphatic carbocycles. The van der Waals surface area contributed by atoms with Crippen molar-refractivity contribution in [2.24, 2.45) is 0 Å². The molecule has 1 unspecified atom stereocenters. The van der Waals surface area contributed by atoms with E-state index >= 15 is 0 Å². The van der Waals surface area contributed by atoms with Crippen molar-refractivity contribution in [2.45, 2.75) is 44.0 Å². The summed E-state index contributed by atoms with van der Waals surface area (Å²) in [7, 11) is 0. The van der Waals surface area contributed by atoms with E-state index in [0.29, 0.717) is 6.54 Å². The molecule has 0 aliphatic heterocycles. The van der Waals surface area contributed by atoms with E-state index in [0.717, 1.165) is 12.8 Å². The number of nitrogens with one attached hydrogen (secondary N) is 1. The van der Waals surface area contributed by atoms with Crippen LogP contribution < -0.4 is 5.32 Å². The Morgan fingerprint density at radius 1 is 1.62 bits per heavy atom. The highest BCUT2D eigenvalue weighted by Gasteiger charge is 2.22. The van der Waals surface area contributed by atoms with Gasteiger partial charge in [0.2, 0.25) is 5.91 Å². The van der Waals surface area contributed by atoms with Crippen molar-refractivity contribution in [1.29, 1.82) is 0 Å². The molecule has 0 fully saturated rings. The second-order valence-corrected chi connectivity index (χ2v) is 5.70. The molecule has 0 aromatic rings. The molecule has 0 saturated heterocycles. The lowest BCUT2D eigenvalue weighted by atomic mass is 10.2. The standard InChI is InChI=1S/C9H18BrNO2/c1-7(12)5-4-6-11-8(13)9(2,3)10/h7,12H,4-6H2,1-3H3,(H,11,13). The van der Waals surface area contributed by atoms with E-state index in [1.807, 2.05) is 0 Å². The minimum atomic E-state index is -0.502. The highest BCUT2D eigenvalue weighted by Crippen LogP contribution is 2.15. The Kier molecular flexibility index (Phi) is 5.56. The molecule has 1 atom stereocenters. The first-order valence-corrected chi connectivity index (χ1v) is 5.28. The topological polar surface area (TPSA) is 49.3 Å². The average molecular weight is 252 g/mol. The summed E-state index contributed by atoms with van der Waals surface area (Å²) in [5.74, 6) is -0.0157. The summed E-state index contributed by atoms with van der Waals surface area (Å²) in [6.45, 7) is 5.98. The molecule has 1 amide bonds. The Labute approximate surface area is 88.0 Å². The molecule has 0 heterocycles. The monoisotopic (exact) mass is 251 g/mol. The lowest BCUT2D eigenvalue weighted by molar-refractivity contribution is -0.122. The number of amides is 1. The highest BCUT2D eigenvalue weighted by molar-refractivity contribution is 9.10. The molecule has 0 aromatic carbocycles. The highest BCUT2D eigenvalue weighted by atomic mass is 79.9. The molecule has 3 nitrogen and oxygen atoms in total. The Morgan fingerprint density at radius 3 is 2.54 bits per heavy atom. The maximum Gasteiger partial charge on any atom is 0.236 e. The number of aliphatic hydroxyl groups excluding tert-OH is 1. The normalized spacial score (nSPS) is 13.9. The Hall–Kier alpha value is -0.0900. The second-order valence-electron chi connectivity index (χ2n) is 3.72. The van der Waals surface area contributed by atoms with E-state index in [-0.39, 0.29) is 12.0 Å². The summed E-state index contributed by atoms with van der Waals surface area (Å²) in [6, 6.07) is 0. The van der Waals surface area contributed by atoms with Crippen LogP contribution in [-0.4, -0.2) is 28.0 Å². The molecule has 0 radical (unpaired) electrons. The van der Waals surface area contributed by atoms with Crippen LogP contribution in [0.2, 0.25) is 0 Å². The van der Waals surface area contributed by atoms with Gasteiger partial charge in [0.15, 0.2) is 0 Å². The van der Waals surface area contributed by atoms with Crippen LogP contribution in [0, 0.1) is 0 Å². The van der Waals surface area contributed by atoms with Gasteiger partial charge in [0.25, 0.3) is 0 Å². The molecular weight excluding hydrogens is 234 g/mol. The number of carbonyl (C=O) groups is 1. The van der Waals surface area contributed by atoms with Crippen LogP contribution in [0.25, 0.3) is 0 Å². The summed E-state index contributed by atoms with van der Waals surface area (Å²) in [6.07, 6.45) is 1.25. The number of hydrogen-bond donors (Lipinski definition) is 2. The zero-order chi connectivity index (χ0) is 10.5. The van der Waals surface area contributed by atoms with Gasteiger partial charge in [-0.2, -0.15) is 0 Å². The molecule has 2 N–H and O–H groups in total. The van der Waals surface area contributed by atoms with Gasteiger partial charge in [-0.1, -0.05) is 15.9 Å². The van der Waals surface area contributed by atoms with E-state index < -0.39 is 4.32 Å². The van der Waals surface area contributed by atoms with Crippen molar-refractivity contribution in [2.75, 3.05) is 6.54 Å². The minimum Gasteiger partial charge on any atom is -0.393 e. The molecule has 0 saturated carbocycles. The summed E-state index contributed by atoms with van der Waals surface area (Å²) < 4.78 is -0.502. The van der Waals surface area contributed by atoms with Crippen LogP contribution in [-0.2, 0) is 4.79 Å². The van der Waals surface area contributed by atoms with Gasteiger partial charge in [-0.3, -0.25) is 4.79 Å². The van der Waals surface area contributed by atoms with E-state index in [9.17, 15) is 4.79 Å². The van der Waals surface area contributed by atoms with E-state index in [4.69, 9.17) is 5.11 Å². The smallest absolute Gasteiger partial charge is 0.236 e.